The molecule has 0 aliphatic rings. The molecular weight excluding hydrogens is 287 g/mol. The predicted octanol–water partition coefficient (Wildman–Crippen LogP) is 3.09. The molecule has 20 heavy (non-hydrogen) atoms. The molecule has 0 spiro atoms. The molecular formula is C11H7F5N2O2. The highest BCUT2D eigenvalue weighted by Gasteiger charge is 2.38. The van der Waals surface area contributed by atoms with Crippen molar-refractivity contribution in [3.63, 3.8) is 0 Å². The van der Waals surface area contributed by atoms with Gasteiger partial charge in [0.1, 0.15) is 17.5 Å². The molecule has 1 heterocycles. The Balaban J connectivity index is 3.57. The molecule has 0 N–H and O–H groups in total. The summed E-state index contributed by atoms with van der Waals surface area (Å²) in [5.41, 5.74) is -5.27. The highest BCUT2D eigenvalue weighted by molar-refractivity contribution is 5.87. The second kappa shape index (κ2) is 5.81. The van der Waals surface area contributed by atoms with Crippen molar-refractivity contribution in [2.24, 2.45) is 0 Å². The van der Waals surface area contributed by atoms with Crippen LogP contribution in [-0.4, -0.2) is 17.6 Å². The molecule has 0 unspecified atom stereocenters. The number of alkyl halides is 5. The number of rotatable bonds is 3. The average Bonchev–Trinajstić information content (AvgIpc) is 2.36. The number of nitrogens with zero attached hydrogens (tertiary/aromatic N) is 2. The molecule has 1 aromatic rings. The van der Waals surface area contributed by atoms with Gasteiger partial charge < -0.3 is 4.74 Å². The summed E-state index contributed by atoms with van der Waals surface area (Å²) >= 11 is 0. The monoisotopic (exact) mass is 294 g/mol. The summed E-state index contributed by atoms with van der Waals surface area (Å²) in [6.45, 7) is 1.23. The topological polar surface area (TPSA) is 63.0 Å². The molecule has 1 aromatic heterocycles. The largest absolute Gasteiger partial charge is 0.461 e. The first-order valence-corrected chi connectivity index (χ1v) is 5.19. The molecule has 9 heteroatoms. The van der Waals surface area contributed by atoms with E-state index in [1.54, 1.807) is 0 Å². The zero-order valence-corrected chi connectivity index (χ0v) is 9.96. The first kappa shape index (κ1) is 15.8. The van der Waals surface area contributed by atoms with Gasteiger partial charge in [-0.1, -0.05) is 0 Å². The molecule has 0 saturated carbocycles. The van der Waals surface area contributed by atoms with E-state index >= 15 is 0 Å². The first-order chi connectivity index (χ1) is 9.22. The Kier molecular flexibility index (Phi) is 4.60. The van der Waals surface area contributed by atoms with Crippen LogP contribution in [0.5, 0.6) is 0 Å². The summed E-state index contributed by atoms with van der Waals surface area (Å²) in [6, 6.07) is 1.26. The quantitative estimate of drug-likeness (QED) is 0.635. The van der Waals surface area contributed by atoms with E-state index in [4.69, 9.17) is 5.26 Å². The van der Waals surface area contributed by atoms with Crippen molar-refractivity contribution in [2.45, 2.75) is 19.5 Å². The lowest BCUT2D eigenvalue weighted by Gasteiger charge is -2.13. The molecule has 0 aromatic carbocycles. The van der Waals surface area contributed by atoms with Crippen LogP contribution < -0.4 is 0 Å². The van der Waals surface area contributed by atoms with E-state index in [0.717, 1.165) is 6.07 Å². The minimum atomic E-state index is -5.07. The molecule has 0 aliphatic heterocycles. The fraction of sp³-hybridized carbons (Fsp3) is 0.364. The highest BCUT2D eigenvalue weighted by atomic mass is 19.4. The summed E-state index contributed by atoms with van der Waals surface area (Å²) in [5, 5.41) is 8.60. The van der Waals surface area contributed by atoms with E-state index < -0.39 is 41.1 Å². The fourth-order valence-electron chi connectivity index (χ4n) is 1.37. The van der Waals surface area contributed by atoms with Gasteiger partial charge >= 0.3 is 12.1 Å². The van der Waals surface area contributed by atoms with Crippen LogP contribution in [0.25, 0.3) is 0 Å². The van der Waals surface area contributed by atoms with E-state index in [1.807, 2.05) is 0 Å². The maximum atomic E-state index is 12.7. The van der Waals surface area contributed by atoms with E-state index in [9.17, 15) is 26.7 Å². The maximum absolute atomic E-state index is 12.7. The molecule has 108 valence electrons. The van der Waals surface area contributed by atoms with Gasteiger partial charge in [-0.2, -0.15) is 18.4 Å². The van der Waals surface area contributed by atoms with Gasteiger partial charge in [0.2, 0.25) is 0 Å². The molecule has 0 aliphatic carbocycles. The van der Waals surface area contributed by atoms with Crippen LogP contribution in [0.15, 0.2) is 6.07 Å². The lowest BCUT2D eigenvalue weighted by molar-refractivity contribution is -0.138. The summed E-state index contributed by atoms with van der Waals surface area (Å²) in [7, 11) is 0. The third-order valence-corrected chi connectivity index (χ3v) is 2.16. The summed E-state index contributed by atoms with van der Waals surface area (Å²) < 4.78 is 68.0. The number of esters is 1. The molecule has 0 amide bonds. The first-order valence-electron chi connectivity index (χ1n) is 5.19. The van der Waals surface area contributed by atoms with Crippen molar-refractivity contribution in [1.29, 1.82) is 5.26 Å². The number of hydrogen-bond acceptors (Lipinski definition) is 4. The van der Waals surface area contributed by atoms with E-state index in [2.05, 4.69) is 9.72 Å². The number of nitriles is 1. The summed E-state index contributed by atoms with van der Waals surface area (Å²) in [6.07, 6.45) is -8.50. The predicted molar refractivity (Wildman–Crippen MR) is 54.9 cm³/mol. The minimum Gasteiger partial charge on any atom is -0.461 e. The summed E-state index contributed by atoms with van der Waals surface area (Å²) in [5.74, 6) is -1.27. The molecule has 1 rings (SSSR count). The van der Waals surface area contributed by atoms with Crippen LogP contribution >= 0.6 is 0 Å². The summed E-state index contributed by atoms with van der Waals surface area (Å²) in [4.78, 5) is 14.4. The van der Waals surface area contributed by atoms with Crippen LogP contribution in [0.4, 0.5) is 22.0 Å². The molecule has 0 saturated heterocycles. The molecule has 0 radical (unpaired) electrons. The van der Waals surface area contributed by atoms with Gasteiger partial charge in [-0.05, 0) is 13.0 Å². The molecule has 4 nitrogen and oxygen atoms in total. The van der Waals surface area contributed by atoms with Gasteiger partial charge in [0.15, 0.2) is 0 Å². The standard InChI is InChI=1S/C11H7F5N2O2/c1-2-20-10(19)7-3-6(11(14,15)16)5(4-17)8(18-7)9(12)13/h3,9H,2H2,1H3. The number of pyridine rings is 1. The third-order valence-electron chi connectivity index (χ3n) is 2.16. The van der Waals surface area contributed by atoms with Gasteiger partial charge in [0, 0.05) is 0 Å². The van der Waals surface area contributed by atoms with Crippen LogP contribution in [-0.2, 0) is 10.9 Å². The van der Waals surface area contributed by atoms with Crippen molar-refractivity contribution >= 4 is 5.97 Å². The SMILES string of the molecule is CCOC(=O)c1cc(C(F)(F)F)c(C#N)c(C(F)F)n1. The minimum absolute atomic E-state index is 0.161. The van der Waals surface area contributed by atoms with Crippen LogP contribution in [0.2, 0.25) is 0 Å². The van der Waals surface area contributed by atoms with E-state index in [-0.39, 0.29) is 12.7 Å². The Morgan fingerprint density at radius 1 is 1.50 bits per heavy atom. The van der Waals surface area contributed by atoms with Crippen LogP contribution in [0.3, 0.4) is 0 Å². The number of hydrogen-bond donors (Lipinski definition) is 0. The highest BCUT2D eigenvalue weighted by Crippen LogP contribution is 2.35. The van der Waals surface area contributed by atoms with Crippen molar-refractivity contribution in [1.82, 2.24) is 4.98 Å². The fourth-order valence-corrected chi connectivity index (χ4v) is 1.37. The third kappa shape index (κ3) is 3.20. The normalized spacial score (nSPS) is 11.3. The Bertz CT molecular complexity index is 563. The number of halogens is 5. The number of carbonyl (C=O) groups excluding carboxylic acids is 1. The second-order valence-electron chi connectivity index (χ2n) is 3.45. The van der Waals surface area contributed by atoms with Gasteiger partial charge in [0.25, 0.3) is 6.43 Å². The molecule has 0 bridgehead atoms. The Morgan fingerprint density at radius 3 is 2.50 bits per heavy atom. The Hall–Kier alpha value is -2.24. The zero-order chi connectivity index (χ0) is 15.5. The number of carbonyl (C=O) groups is 1. The number of ether oxygens (including phenoxy) is 1. The van der Waals surface area contributed by atoms with Crippen molar-refractivity contribution in [3.8, 4) is 6.07 Å². The average molecular weight is 294 g/mol. The Labute approximate surface area is 109 Å². The molecule has 0 atom stereocenters. The zero-order valence-electron chi connectivity index (χ0n) is 9.96. The molecule has 0 fully saturated rings. The van der Waals surface area contributed by atoms with Crippen molar-refractivity contribution < 1.29 is 31.5 Å². The van der Waals surface area contributed by atoms with Crippen molar-refractivity contribution in [3.05, 3.63) is 28.6 Å². The maximum Gasteiger partial charge on any atom is 0.417 e. The van der Waals surface area contributed by atoms with Crippen LogP contribution in [0.1, 0.15) is 40.7 Å². The lowest BCUT2D eigenvalue weighted by atomic mass is 10.1. The van der Waals surface area contributed by atoms with E-state index in [1.165, 1.54) is 6.92 Å². The van der Waals surface area contributed by atoms with Gasteiger partial charge in [0.05, 0.1) is 17.7 Å². The van der Waals surface area contributed by atoms with Gasteiger partial charge in [-0.15, -0.1) is 0 Å². The Morgan fingerprint density at radius 2 is 2.10 bits per heavy atom. The number of aromatic nitrogens is 1. The van der Waals surface area contributed by atoms with Crippen LogP contribution in [0, 0.1) is 11.3 Å². The second-order valence-corrected chi connectivity index (χ2v) is 3.45. The van der Waals surface area contributed by atoms with Gasteiger partial charge in [-0.25, -0.2) is 18.6 Å². The van der Waals surface area contributed by atoms with Crippen molar-refractivity contribution in [2.75, 3.05) is 6.61 Å². The van der Waals surface area contributed by atoms with E-state index in [0.29, 0.717) is 0 Å². The smallest absolute Gasteiger partial charge is 0.417 e. The van der Waals surface area contributed by atoms with Gasteiger partial charge in [-0.3, -0.25) is 0 Å². The lowest BCUT2D eigenvalue weighted by Crippen LogP contribution is -2.16.